The van der Waals surface area contributed by atoms with E-state index in [9.17, 15) is 13.2 Å². The maximum Gasteiger partial charge on any atom is 0.416 e. The number of hydrazine groups is 1. The summed E-state index contributed by atoms with van der Waals surface area (Å²) in [6.45, 7) is 0. The van der Waals surface area contributed by atoms with Gasteiger partial charge in [-0.2, -0.15) is 13.2 Å². The van der Waals surface area contributed by atoms with Gasteiger partial charge in [0.15, 0.2) is 0 Å². The molecule has 2 nitrogen and oxygen atoms in total. The smallest absolute Gasteiger partial charge is 0.271 e. The van der Waals surface area contributed by atoms with Gasteiger partial charge in [0.05, 0.1) is 5.56 Å². The second-order valence-corrected chi connectivity index (χ2v) is 5.11. The number of nitrogens with two attached hydrogens (primary N) is 1. The third-order valence-corrected chi connectivity index (χ3v) is 3.45. The van der Waals surface area contributed by atoms with Gasteiger partial charge in [-0.15, -0.1) is 0 Å². The van der Waals surface area contributed by atoms with Crippen molar-refractivity contribution in [3.8, 4) is 0 Å². The van der Waals surface area contributed by atoms with Crippen molar-refractivity contribution in [2.24, 2.45) is 5.84 Å². The van der Waals surface area contributed by atoms with Gasteiger partial charge in [0, 0.05) is 11.1 Å². The maximum absolute atomic E-state index is 12.5. The van der Waals surface area contributed by atoms with Crippen molar-refractivity contribution in [2.45, 2.75) is 18.6 Å². The highest BCUT2D eigenvalue weighted by Crippen LogP contribution is 2.30. The SMILES string of the molecule is NNC(Cc1ccc(Cl)cc1)c1ccc(C(F)(F)F)cc1. The van der Waals surface area contributed by atoms with E-state index in [1.54, 1.807) is 12.1 Å². The van der Waals surface area contributed by atoms with E-state index >= 15 is 0 Å². The predicted molar refractivity (Wildman–Crippen MR) is 76.7 cm³/mol. The molecule has 0 heterocycles. The summed E-state index contributed by atoms with van der Waals surface area (Å²) in [6, 6.07) is 11.9. The monoisotopic (exact) mass is 314 g/mol. The van der Waals surface area contributed by atoms with Gasteiger partial charge in [0.25, 0.3) is 0 Å². The van der Waals surface area contributed by atoms with Crippen LogP contribution in [-0.4, -0.2) is 0 Å². The zero-order valence-electron chi connectivity index (χ0n) is 11.0. The van der Waals surface area contributed by atoms with Crippen LogP contribution in [0.3, 0.4) is 0 Å². The molecule has 0 aromatic heterocycles. The molecule has 0 aliphatic carbocycles. The van der Waals surface area contributed by atoms with E-state index in [0.29, 0.717) is 17.0 Å². The fourth-order valence-electron chi connectivity index (χ4n) is 2.03. The van der Waals surface area contributed by atoms with Crippen molar-refractivity contribution in [2.75, 3.05) is 0 Å². The molecule has 0 saturated carbocycles. The number of hydrogen-bond donors (Lipinski definition) is 2. The lowest BCUT2D eigenvalue weighted by molar-refractivity contribution is -0.137. The van der Waals surface area contributed by atoms with Crippen LogP contribution in [0.5, 0.6) is 0 Å². The van der Waals surface area contributed by atoms with Crippen molar-refractivity contribution in [3.63, 3.8) is 0 Å². The topological polar surface area (TPSA) is 38.0 Å². The van der Waals surface area contributed by atoms with Crippen molar-refractivity contribution >= 4 is 11.6 Å². The molecule has 112 valence electrons. The summed E-state index contributed by atoms with van der Waals surface area (Å²) in [4.78, 5) is 0. The fraction of sp³-hybridized carbons (Fsp3) is 0.200. The highest BCUT2D eigenvalue weighted by molar-refractivity contribution is 6.30. The van der Waals surface area contributed by atoms with Crippen LogP contribution in [0.4, 0.5) is 13.2 Å². The summed E-state index contributed by atoms with van der Waals surface area (Å²) in [7, 11) is 0. The highest BCUT2D eigenvalue weighted by Gasteiger charge is 2.30. The van der Waals surface area contributed by atoms with Crippen molar-refractivity contribution in [1.29, 1.82) is 0 Å². The summed E-state index contributed by atoms with van der Waals surface area (Å²) >= 11 is 5.81. The number of nitrogens with one attached hydrogen (secondary N) is 1. The molecule has 0 saturated heterocycles. The molecule has 0 aliphatic heterocycles. The lowest BCUT2D eigenvalue weighted by Crippen LogP contribution is -2.29. The fourth-order valence-corrected chi connectivity index (χ4v) is 2.16. The molecular weight excluding hydrogens is 301 g/mol. The lowest BCUT2D eigenvalue weighted by Gasteiger charge is -2.17. The number of alkyl halides is 3. The Kier molecular flexibility index (Phi) is 4.88. The molecule has 3 N–H and O–H groups in total. The van der Waals surface area contributed by atoms with Crippen LogP contribution in [0, 0.1) is 0 Å². The van der Waals surface area contributed by atoms with E-state index in [1.807, 2.05) is 12.1 Å². The van der Waals surface area contributed by atoms with Crippen molar-refractivity contribution in [1.82, 2.24) is 5.43 Å². The highest BCUT2D eigenvalue weighted by atomic mass is 35.5. The van der Waals surface area contributed by atoms with Crippen LogP contribution >= 0.6 is 11.6 Å². The van der Waals surface area contributed by atoms with Crippen LogP contribution in [0.2, 0.25) is 5.02 Å². The number of benzene rings is 2. The number of hydrogen-bond acceptors (Lipinski definition) is 2. The zero-order valence-corrected chi connectivity index (χ0v) is 11.7. The minimum atomic E-state index is -4.33. The summed E-state index contributed by atoms with van der Waals surface area (Å²) in [6.07, 6.45) is -3.78. The van der Waals surface area contributed by atoms with Crippen LogP contribution in [0.25, 0.3) is 0 Å². The molecule has 0 fully saturated rings. The Hall–Kier alpha value is -1.56. The largest absolute Gasteiger partial charge is 0.416 e. The molecule has 0 bridgehead atoms. The van der Waals surface area contributed by atoms with Crippen LogP contribution < -0.4 is 11.3 Å². The van der Waals surface area contributed by atoms with Gasteiger partial charge in [0.1, 0.15) is 0 Å². The van der Waals surface area contributed by atoms with E-state index < -0.39 is 11.7 Å². The molecule has 2 rings (SSSR count). The number of halogens is 4. The van der Waals surface area contributed by atoms with E-state index in [1.165, 1.54) is 12.1 Å². The average molecular weight is 315 g/mol. The first kappa shape index (κ1) is 15.8. The molecule has 0 spiro atoms. The second-order valence-electron chi connectivity index (χ2n) is 4.67. The molecular formula is C15H14ClF3N2. The third kappa shape index (κ3) is 4.20. The first-order valence-electron chi connectivity index (χ1n) is 6.28. The minimum absolute atomic E-state index is 0.270. The van der Waals surface area contributed by atoms with Gasteiger partial charge in [0.2, 0.25) is 0 Å². The molecule has 0 radical (unpaired) electrons. The van der Waals surface area contributed by atoms with Crippen LogP contribution in [-0.2, 0) is 12.6 Å². The Morgan fingerprint density at radius 2 is 1.57 bits per heavy atom. The molecule has 0 amide bonds. The summed E-state index contributed by atoms with van der Waals surface area (Å²) in [5.41, 5.74) is 3.64. The second kappa shape index (κ2) is 6.47. The molecule has 0 aliphatic rings. The van der Waals surface area contributed by atoms with E-state index in [0.717, 1.165) is 17.7 Å². The molecule has 6 heteroatoms. The third-order valence-electron chi connectivity index (χ3n) is 3.19. The van der Waals surface area contributed by atoms with Gasteiger partial charge < -0.3 is 0 Å². The lowest BCUT2D eigenvalue weighted by atomic mass is 9.98. The number of rotatable bonds is 4. The summed E-state index contributed by atoms with van der Waals surface area (Å²) in [5.74, 6) is 5.51. The average Bonchev–Trinajstić information content (AvgIpc) is 2.46. The van der Waals surface area contributed by atoms with Gasteiger partial charge in [-0.05, 0) is 41.8 Å². The summed E-state index contributed by atoms with van der Waals surface area (Å²) < 4.78 is 37.6. The molecule has 1 atom stereocenters. The van der Waals surface area contributed by atoms with Crippen molar-refractivity contribution in [3.05, 3.63) is 70.2 Å². The normalized spacial score (nSPS) is 13.2. The standard InChI is InChI=1S/C15H14ClF3N2/c16-13-7-1-10(2-8-13)9-14(21-20)11-3-5-12(6-4-11)15(17,18)19/h1-8,14,21H,9,20H2. The quantitative estimate of drug-likeness (QED) is 0.658. The Bertz CT molecular complexity index is 579. The van der Waals surface area contributed by atoms with E-state index in [-0.39, 0.29) is 6.04 Å². The Morgan fingerprint density at radius 3 is 2.05 bits per heavy atom. The van der Waals surface area contributed by atoms with Gasteiger partial charge in [-0.25, -0.2) is 0 Å². The maximum atomic E-state index is 12.5. The van der Waals surface area contributed by atoms with Gasteiger partial charge in [-0.1, -0.05) is 35.9 Å². The van der Waals surface area contributed by atoms with Crippen LogP contribution in [0.1, 0.15) is 22.7 Å². The first-order chi connectivity index (χ1) is 9.90. The Balaban J connectivity index is 2.15. The Labute approximate surface area is 125 Å². The van der Waals surface area contributed by atoms with E-state index in [4.69, 9.17) is 17.4 Å². The molecule has 2 aromatic rings. The zero-order chi connectivity index (χ0) is 15.5. The first-order valence-corrected chi connectivity index (χ1v) is 6.65. The van der Waals surface area contributed by atoms with Gasteiger partial charge in [-0.3, -0.25) is 11.3 Å². The molecule has 21 heavy (non-hydrogen) atoms. The molecule has 1 unspecified atom stereocenters. The van der Waals surface area contributed by atoms with Crippen molar-refractivity contribution < 1.29 is 13.2 Å². The Morgan fingerprint density at radius 1 is 1.00 bits per heavy atom. The van der Waals surface area contributed by atoms with Crippen LogP contribution in [0.15, 0.2) is 48.5 Å². The van der Waals surface area contributed by atoms with Gasteiger partial charge >= 0.3 is 6.18 Å². The summed E-state index contributed by atoms with van der Waals surface area (Å²) in [5, 5.41) is 0.630. The van der Waals surface area contributed by atoms with E-state index in [2.05, 4.69) is 5.43 Å². The minimum Gasteiger partial charge on any atom is -0.271 e. The molecule has 2 aromatic carbocycles. The predicted octanol–water partition coefficient (Wildman–Crippen LogP) is 4.11.